The van der Waals surface area contributed by atoms with E-state index in [0.717, 1.165) is 12.1 Å². The molecule has 1 amide bonds. The molecule has 5 heteroatoms. The second-order valence-corrected chi connectivity index (χ2v) is 6.48. The molecular formula is C15H27N3O2. The minimum Gasteiger partial charge on any atom is -0.391 e. The molecule has 1 aromatic heterocycles. The summed E-state index contributed by atoms with van der Waals surface area (Å²) < 4.78 is 1.65. The fourth-order valence-corrected chi connectivity index (χ4v) is 1.97. The van der Waals surface area contributed by atoms with E-state index in [4.69, 9.17) is 0 Å². The molecule has 2 atom stereocenters. The highest BCUT2D eigenvalue weighted by atomic mass is 16.3. The third-order valence-corrected chi connectivity index (χ3v) is 3.56. The highest BCUT2D eigenvalue weighted by molar-refractivity contribution is 5.95. The van der Waals surface area contributed by atoms with Crippen molar-refractivity contribution in [3.63, 3.8) is 0 Å². The first kappa shape index (κ1) is 16.7. The number of amides is 1. The molecule has 0 aromatic carbocycles. The number of aromatic nitrogens is 2. The number of nitrogens with one attached hydrogen (secondary N) is 1. The van der Waals surface area contributed by atoms with Gasteiger partial charge in [-0.15, -0.1) is 0 Å². The third kappa shape index (κ3) is 4.07. The van der Waals surface area contributed by atoms with Gasteiger partial charge >= 0.3 is 0 Å². The van der Waals surface area contributed by atoms with E-state index in [1.165, 1.54) is 0 Å². The van der Waals surface area contributed by atoms with E-state index in [1.807, 2.05) is 34.6 Å². The first-order valence-corrected chi connectivity index (χ1v) is 7.17. The van der Waals surface area contributed by atoms with Crippen LogP contribution in [0.2, 0.25) is 0 Å². The Hall–Kier alpha value is -1.36. The van der Waals surface area contributed by atoms with Crippen LogP contribution in [-0.2, 0) is 12.5 Å². The Kier molecular flexibility index (Phi) is 5.34. The van der Waals surface area contributed by atoms with Crippen LogP contribution in [0.15, 0.2) is 6.20 Å². The molecule has 114 valence electrons. The summed E-state index contributed by atoms with van der Waals surface area (Å²) in [5.41, 5.74) is 1.16. The van der Waals surface area contributed by atoms with Crippen molar-refractivity contribution < 1.29 is 9.90 Å². The van der Waals surface area contributed by atoms with Gasteiger partial charge in [-0.2, -0.15) is 5.10 Å². The Bertz CT molecular complexity index is 460. The zero-order chi connectivity index (χ0) is 15.5. The van der Waals surface area contributed by atoms with Gasteiger partial charge in [-0.1, -0.05) is 41.0 Å². The summed E-state index contributed by atoms with van der Waals surface area (Å²) >= 11 is 0. The molecule has 20 heavy (non-hydrogen) atoms. The lowest BCUT2D eigenvalue weighted by atomic mass is 9.89. The van der Waals surface area contributed by atoms with Crippen LogP contribution in [0, 0.1) is 5.92 Å². The van der Waals surface area contributed by atoms with Crippen molar-refractivity contribution >= 4 is 5.91 Å². The number of carbonyl (C=O) groups is 1. The number of rotatable bonds is 5. The maximum atomic E-state index is 12.3. The normalized spacial score (nSPS) is 14.9. The number of aryl methyl sites for hydroxylation is 1. The molecule has 0 aliphatic heterocycles. The molecule has 0 saturated carbocycles. The summed E-state index contributed by atoms with van der Waals surface area (Å²) in [5, 5.41) is 17.1. The van der Waals surface area contributed by atoms with Gasteiger partial charge in [0.25, 0.3) is 5.91 Å². The van der Waals surface area contributed by atoms with Crippen LogP contribution in [-0.4, -0.2) is 33.4 Å². The zero-order valence-corrected chi connectivity index (χ0v) is 13.4. The molecule has 1 heterocycles. The van der Waals surface area contributed by atoms with Gasteiger partial charge in [-0.05, 0) is 5.92 Å². The van der Waals surface area contributed by atoms with Crippen LogP contribution >= 0.6 is 0 Å². The number of hydrogen-bond donors (Lipinski definition) is 2. The summed E-state index contributed by atoms with van der Waals surface area (Å²) in [7, 11) is 1.81. The van der Waals surface area contributed by atoms with Gasteiger partial charge in [-0.25, -0.2) is 0 Å². The monoisotopic (exact) mass is 281 g/mol. The van der Waals surface area contributed by atoms with Crippen LogP contribution in [0.4, 0.5) is 0 Å². The molecular weight excluding hydrogens is 254 g/mol. The van der Waals surface area contributed by atoms with E-state index in [0.29, 0.717) is 5.56 Å². The molecule has 1 aromatic rings. The number of aliphatic hydroxyl groups is 1. The van der Waals surface area contributed by atoms with Crippen LogP contribution in [0.3, 0.4) is 0 Å². The van der Waals surface area contributed by atoms with Crippen molar-refractivity contribution in [3.8, 4) is 0 Å². The molecule has 0 aliphatic rings. The van der Waals surface area contributed by atoms with Crippen LogP contribution in [0.1, 0.15) is 57.1 Å². The van der Waals surface area contributed by atoms with Crippen molar-refractivity contribution in [2.75, 3.05) is 6.54 Å². The second kappa shape index (κ2) is 6.39. The summed E-state index contributed by atoms with van der Waals surface area (Å²) in [6.07, 6.45) is 2.10. The Labute approximate surface area is 121 Å². The SMILES string of the molecule is CCC(C)C(O)CNC(=O)c1cn(C)nc1C(C)(C)C. The Balaban J connectivity index is 2.79. The Morgan fingerprint density at radius 2 is 2.10 bits per heavy atom. The minimum absolute atomic E-state index is 0.172. The van der Waals surface area contributed by atoms with Crippen molar-refractivity contribution in [2.24, 2.45) is 13.0 Å². The predicted molar refractivity (Wildman–Crippen MR) is 79.7 cm³/mol. The molecule has 1 rings (SSSR count). The topological polar surface area (TPSA) is 67.2 Å². The zero-order valence-electron chi connectivity index (χ0n) is 13.4. The van der Waals surface area contributed by atoms with Crippen molar-refractivity contribution in [3.05, 3.63) is 17.5 Å². The van der Waals surface area contributed by atoms with Crippen LogP contribution in [0.25, 0.3) is 0 Å². The average molecular weight is 281 g/mol. The van der Waals surface area contributed by atoms with Crippen molar-refractivity contribution in [2.45, 2.75) is 52.6 Å². The fraction of sp³-hybridized carbons (Fsp3) is 0.733. The lowest BCUT2D eigenvalue weighted by Crippen LogP contribution is -2.36. The standard InChI is InChI=1S/C15H27N3O2/c1-7-10(2)12(19)8-16-14(20)11-9-18(6)17-13(11)15(3,4)5/h9-10,12,19H,7-8H2,1-6H3,(H,16,20). The Morgan fingerprint density at radius 3 is 2.60 bits per heavy atom. The van der Waals surface area contributed by atoms with E-state index in [2.05, 4.69) is 10.4 Å². The van der Waals surface area contributed by atoms with Gasteiger partial charge in [0.1, 0.15) is 0 Å². The number of hydrogen-bond acceptors (Lipinski definition) is 3. The maximum Gasteiger partial charge on any atom is 0.254 e. The smallest absolute Gasteiger partial charge is 0.254 e. The number of carbonyl (C=O) groups excluding carboxylic acids is 1. The van der Waals surface area contributed by atoms with Crippen molar-refractivity contribution in [1.29, 1.82) is 0 Å². The molecule has 0 radical (unpaired) electrons. The van der Waals surface area contributed by atoms with E-state index in [-0.39, 0.29) is 23.8 Å². The van der Waals surface area contributed by atoms with Crippen LogP contribution in [0.5, 0.6) is 0 Å². The lowest BCUT2D eigenvalue weighted by molar-refractivity contribution is 0.0848. The molecule has 0 bridgehead atoms. The molecule has 5 nitrogen and oxygen atoms in total. The first-order valence-electron chi connectivity index (χ1n) is 7.17. The predicted octanol–water partition coefficient (Wildman–Crippen LogP) is 1.85. The van der Waals surface area contributed by atoms with Gasteiger partial charge in [-0.3, -0.25) is 9.48 Å². The van der Waals surface area contributed by atoms with E-state index < -0.39 is 6.10 Å². The summed E-state index contributed by atoms with van der Waals surface area (Å²) in [5.74, 6) is -0.00309. The fourth-order valence-electron chi connectivity index (χ4n) is 1.97. The molecule has 2 unspecified atom stereocenters. The first-order chi connectivity index (χ1) is 9.16. The third-order valence-electron chi connectivity index (χ3n) is 3.56. The largest absolute Gasteiger partial charge is 0.391 e. The van der Waals surface area contributed by atoms with Crippen molar-refractivity contribution in [1.82, 2.24) is 15.1 Å². The second-order valence-electron chi connectivity index (χ2n) is 6.48. The highest BCUT2D eigenvalue weighted by Gasteiger charge is 2.26. The van der Waals surface area contributed by atoms with Crippen LogP contribution < -0.4 is 5.32 Å². The molecule has 0 saturated heterocycles. The molecule has 0 fully saturated rings. The average Bonchev–Trinajstić information content (AvgIpc) is 2.76. The maximum absolute atomic E-state index is 12.3. The van der Waals surface area contributed by atoms with Gasteiger partial charge in [0.05, 0.1) is 17.4 Å². The van der Waals surface area contributed by atoms with Gasteiger partial charge < -0.3 is 10.4 Å². The molecule has 0 aliphatic carbocycles. The molecule has 2 N–H and O–H groups in total. The minimum atomic E-state index is -0.515. The highest BCUT2D eigenvalue weighted by Crippen LogP contribution is 2.24. The summed E-state index contributed by atoms with van der Waals surface area (Å²) in [6.45, 7) is 10.3. The van der Waals surface area contributed by atoms with Gasteiger partial charge in [0.15, 0.2) is 0 Å². The number of aliphatic hydroxyl groups excluding tert-OH is 1. The number of nitrogens with zero attached hydrogens (tertiary/aromatic N) is 2. The molecule has 0 spiro atoms. The summed E-state index contributed by atoms with van der Waals surface area (Å²) in [4.78, 5) is 12.3. The Morgan fingerprint density at radius 1 is 1.50 bits per heavy atom. The van der Waals surface area contributed by atoms with Gasteiger partial charge in [0.2, 0.25) is 0 Å². The quantitative estimate of drug-likeness (QED) is 0.865. The van der Waals surface area contributed by atoms with E-state index in [9.17, 15) is 9.90 Å². The summed E-state index contributed by atoms with van der Waals surface area (Å²) in [6, 6.07) is 0. The lowest BCUT2D eigenvalue weighted by Gasteiger charge is -2.19. The van der Waals surface area contributed by atoms with E-state index >= 15 is 0 Å². The van der Waals surface area contributed by atoms with E-state index in [1.54, 1.807) is 17.9 Å². The van der Waals surface area contributed by atoms with Gasteiger partial charge in [0, 0.05) is 25.2 Å².